The molecule has 4 heteroatoms. The Kier molecular flexibility index (Phi) is 3.88. The highest BCUT2D eigenvalue weighted by molar-refractivity contribution is 6.01. The van der Waals surface area contributed by atoms with Crippen molar-refractivity contribution in [2.75, 3.05) is 11.4 Å². The number of hydrogen-bond acceptors (Lipinski definition) is 2. The van der Waals surface area contributed by atoms with E-state index in [4.69, 9.17) is 0 Å². The van der Waals surface area contributed by atoms with E-state index in [1.165, 1.54) is 5.56 Å². The van der Waals surface area contributed by atoms with Crippen molar-refractivity contribution in [3.8, 4) is 0 Å². The minimum atomic E-state index is -0.407. The van der Waals surface area contributed by atoms with Crippen molar-refractivity contribution in [1.82, 2.24) is 5.32 Å². The minimum Gasteiger partial charge on any atom is -0.344 e. The van der Waals surface area contributed by atoms with Gasteiger partial charge in [-0.3, -0.25) is 9.59 Å². The van der Waals surface area contributed by atoms with Crippen LogP contribution in [0.15, 0.2) is 18.2 Å². The number of anilines is 1. The first-order valence-electron chi connectivity index (χ1n) is 6.71. The predicted octanol–water partition coefficient (Wildman–Crippen LogP) is 1.93. The Hall–Kier alpha value is -1.84. The van der Waals surface area contributed by atoms with Crippen LogP contribution in [0.1, 0.15) is 30.9 Å². The van der Waals surface area contributed by atoms with Crippen LogP contribution in [-0.2, 0) is 9.59 Å². The standard InChI is InChI=1S/C15H20N2O2/c1-4-12-15(19)17(8-7-14(18)16-12)13-6-5-10(2)9-11(13)3/h5-6,9,12H,4,7-8H2,1-3H3,(H,16,18). The van der Waals surface area contributed by atoms with Gasteiger partial charge in [-0.2, -0.15) is 0 Å². The van der Waals surface area contributed by atoms with E-state index in [-0.39, 0.29) is 11.8 Å². The van der Waals surface area contributed by atoms with E-state index in [1.807, 2.05) is 32.9 Å². The molecule has 4 nitrogen and oxygen atoms in total. The highest BCUT2D eigenvalue weighted by atomic mass is 16.2. The summed E-state index contributed by atoms with van der Waals surface area (Å²) in [6.45, 7) is 6.39. The number of nitrogens with zero attached hydrogens (tertiary/aromatic N) is 1. The van der Waals surface area contributed by atoms with Crippen LogP contribution in [0.25, 0.3) is 0 Å². The van der Waals surface area contributed by atoms with Gasteiger partial charge in [0.05, 0.1) is 0 Å². The molecule has 1 heterocycles. The first-order chi connectivity index (χ1) is 9.02. The van der Waals surface area contributed by atoms with Crippen molar-refractivity contribution < 1.29 is 9.59 Å². The van der Waals surface area contributed by atoms with Gasteiger partial charge in [0.25, 0.3) is 0 Å². The Labute approximate surface area is 113 Å². The second kappa shape index (κ2) is 5.43. The zero-order valence-corrected chi connectivity index (χ0v) is 11.7. The molecular formula is C15H20N2O2. The van der Waals surface area contributed by atoms with E-state index < -0.39 is 6.04 Å². The second-order valence-corrected chi connectivity index (χ2v) is 5.06. The lowest BCUT2D eigenvalue weighted by atomic mass is 10.1. The van der Waals surface area contributed by atoms with Crippen LogP contribution in [0.4, 0.5) is 5.69 Å². The first-order valence-corrected chi connectivity index (χ1v) is 6.71. The minimum absolute atomic E-state index is 0.0136. The molecular weight excluding hydrogens is 240 g/mol. The predicted molar refractivity (Wildman–Crippen MR) is 75.1 cm³/mol. The van der Waals surface area contributed by atoms with Crippen molar-refractivity contribution in [2.45, 2.75) is 39.7 Å². The maximum absolute atomic E-state index is 12.5. The number of benzene rings is 1. The maximum Gasteiger partial charge on any atom is 0.249 e. The summed E-state index contributed by atoms with van der Waals surface area (Å²) in [6.07, 6.45) is 0.974. The third-order valence-electron chi connectivity index (χ3n) is 3.51. The molecule has 1 aliphatic heterocycles. The molecule has 2 amide bonds. The van der Waals surface area contributed by atoms with Crippen LogP contribution in [0, 0.1) is 13.8 Å². The smallest absolute Gasteiger partial charge is 0.249 e. The molecule has 19 heavy (non-hydrogen) atoms. The van der Waals surface area contributed by atoms with Crippen LogP contribution in [0.3, 0.4) is 0 Å². The number of aryl methyl sites for hydroxylation is 2. The summed E-state index contributed by atoms with van der Waals surface area (Å²) in [5, 5.41) is 2.78. The number of hydrogen-bond donors (Lipinski definition) is 1. The Morgan fingerprint density at radius 1 is 1.32 bits per heavy atom. The molecule has 0 saturated carbocycles. The summed E-state index contributed by atoms with van der Waals surface area (Å²) in [5.74, 6) is -0.0623. The fourth-order valence-electron chi connectivity index (χ4n) is 2.46. The van der Waals surface area contributed by atoms with E-state index in [9.17, 15) is 9.59 Å². The van der Waals surface area contributed by atoms with Gasteiger partial charge in [0.1, 0.15) is 6.04 Å². The maximum atomic E-state index is 12.5. The van der Waals surface area contributed by atoms with Crippen LogP contribution >= 0.6 is 0 Å². The molecule has 0 aromatic heterocycles. The summed E-state index contributed by atoms with van der Waals surface area (Å²) in [6, 6.07) is 5.61. The van der Waals surface area contributed by atoms with E-state index >= 15 is 0 Å². The molecule has 0 bridgehead atoms. The molecule has 0 spiro atoms. The average Bonchev–Trinajstić information content (AvgIpc) is 2.50. The van der Waals surface area contributed by atoms with E-state index in [2.05, 4.69) is 11.4 Å². The van der Waals surface area contributed by atoms with Crippen LogP contribution in [0.2, 0.25) is 0 Å². The van der Waals surface area contributed by atoms with Gasteiger partial charge in [-0.1, -0.05) is 24.6 Å². The number of nitrogens with one attached hydrogen (secondary N) is 1. The lowest BCUT2D eigenvalue weighted by molar-refractivity contribution is -0.125. The summed E-state index contributed by atoms with van der Waals surface area (Å²) in [7, 11) is 0. The number of carbonyl (C=O) groups excluding carboxylic acids is 2. The normalized spacial score (nSPS) is 20.2. The average molecular weight is 260 g/mol. The molecule has 1 atom stereocenters. The monoisotopic (exact) mass is 260 g/mol. The van der Waals surface area contributed by atoms with Gasteiger partial charge in [-0.05, 0) is 31.9 Å². The van der Waals surface area contributed by atoms with Gasteiger partial charge in [0.15, 0.2) is 0 Å². The van der Waals surface area contributed by atoms with E-state index in [0.717, 1.165) is 11.3 Å². The van der Waals surface area contributed by atoms with Crippen LogP contribution < -0.4 is 10.2 Å². The summed E-state index contributed by atoms with van der Waals surface area (Å²) in [4.78, 5) is 25.8. The van der Waals surface area contributed by atoms with Gasteiger partial charge < -0.3 is 10.2 Å². The topological polar surface area (TPSA) is 49.4 Å². The van der Waals surface area contributed by atoms with Crippen LogP contribution in [-0.4, -0.2) is 24.4 Å². The molecule has 1 aromatic rings. The Morgan fingerprint density at radius 3 is 2.68 bits per heavy atom. The van der Waals surface area contributed by atoms with Crippen molar-refractivity contribution in [2.24, 2.45) is 0 Å². The Morgan fingerprint density at radius 2 is 2.05 bits per heavy atom. The third kappa shape index (κ3) is 2.78. The van der Waals surface area contributed by atoms with Crippen LogP contribution in [0.5, 0.6) is 0 Å². The zero-order chi connectivity index (χ0) is 14.0. The van der Waals surface area contributed by atoms with Gasteiger partial charge in [-0.15, -0.1) is 0 Å². The molecule has 102 valence electrons. The highest BCUT2D eigenvalue weighted by Gasteiger charge is 2.29. The molecule has 1 N–H and O–H groups in total. The number of amides is 2. The van der Waals surface area contributed by atoms with E-state index in [1.54, 1.807) is 4.90 Å². The zero-order valence-electron chi connectivity index (χ0n) is 11.7. The lowest BCUT2D eigenvalue weighted by Crippen LogP contribution is -2.44. The quantitative estimate of drug-likeness (QED) is 0.883. The summed E-state index contributed by atoms with van der Waals surface area (Å²) in [5.41, 5.74) is 3.15. The Balaban J connectivity index is 2.36. The van der Waals surface area contributed by atoms with Gasteiger partial charge in [0.2, 0.25) is 11.8 Å². The molecule has 0 radical (unpaired) electrons. The fraction of sp³-hybridized carbons (Fsp3) is 0.467. The molecule has 1 aliphatic rings. The number of carbonyl (C=O) groups is 2. The van der Waals surface area contributed by atoms with Gasteiger partial charge in [-0.25, -0.2) is 0 Å². The Bertz CT molecular complexity index is 511. The fourth-order valence-corrected chi connectivity index (χ4v) is 2.46. The molecule has 2 rings (SSSR count). The second-order valence-electron chi connectivity index (χ2n) is 5.06. The number of rotatable bonds is 2. The van der Waals surface area contributed by atoms with Crippen molar-refractivity contribution in [1.29, 1.82) is 0 Å². The molecule has 1 unspecified atom stereocenters. The van der Waals surface area contributed by atoms with Gasteiger partial charge in [0, 0.05) is 18.7 Å². The SMILES string of the molecule is CCC1NC(=O)CCN(c2ccc(C)cc2C)C1=O. The largest absolute Gasteiger partial charge is 0.344 e. The van der Waals surface area contributed by atoms with Crippen molar-refractivity contribution >= 4 is 17.5 Å². The lowest BCUT2D eigenvalue weighted by Gasteiger charge is -2.25. The molecule has 1 saturated heterocycles. The first kappa shape index (κ1) is 13.6. The molecule has 1 fully saturated rings. The molecule has 1 aromatic carbocycles. The highest BCUT2D eigenvalue weighted by Crippen LogP contribution is 2.23. The van der Waals surface area contributed by atoms with E-state index in [0.29, 0.717) is 19.4 Å². The summed E-state index contributed by atoms with van der Waals surface area (Å²) < 4.78 is 0. The van der Waals surface area contributed by atoms with Crippen molar-refractivity contribution in [3.63, 3.8) is 0 Å². The van der Waals surface area contributed by atoms with Gasteiger partial charge >= 0.3 is 0 Å². The van der Waals surface area contributed by atoms with Crippen molar-refractivity contribution in [3.05, 3.63) is 29.3 Å². The third-order valence-corrected chi connectivity index (χ3v) is 3.51. The molecule has 0 aliphatic carbocycles. The summed E-state index contributed by atoms with van der Waals surface area (Å²) >= 11 is 0.